The Bertz CT molecular complexity index is 1470. The summed E-state index contributed by atoms with van der Waals surface area (Å²) in [5.41, 5.74) is 5.98. The van der Waals surface area contributed by atoms with Crippen LogP contribution in [0.4, 0.5) is 0 Å². The van der Waals surface area contributed by atoms with Crippen molar-refractivity contribution >= 4 is 59.5 Å². The molecule has 3 heteroatoms. The van der Waals surface area contributed by atoms with Gasteiger partial charge in [0.05, 0.1) is 16.6 Å². The van der Waals surface area contributed by atoms with Gasteiger partial charge in [0.2, 0.25) is 0 Å². The Labute approximate surface area is 164 Å². The highest BCUT2D eigenvalue weighted by Crippen LogP contribution is 2.39. The lowest BCUT2D eigenvalue weighted by molar-refractivity contribution is 1.18. The summed E-state index contributed by atoms with van der Waals surface area (Å²) in [7, 11) is 0. The highest BCUT2D eigenvalue weighted by Gasteiger charge is 2.17. The molecule has 2 heterocycles. The van der Waals surface area contributed by atoms with Gasteiger partial charge in [0.25, 0.3) is 0 Å². The van der Waals surface area contributed by atoms with Crippen LogP contribution in [0.5, 0.6) is 0 Å². The van der Waals surface area contributed by atoms with E-state index in [1.165, 1.54) is 49.3 Å². The Morgan fingerprint density at radius 2 is 1.44 bits per heavy atom. The van der Waals surface area contributed by atoms with Crippen LogP contribution in [0.25, 0.3) is 49.3 Å². The third-order valence-corrected chi connectivity index (χ3v) is 5.88. The molecule has 0 aliphatic heterocycles. The number of hydrogen-bond acceptors (Lipinski definition) is 0. The SMILES string of the molecule is Brc1ccc2c(c1)c1c3[nH]c4ccccc4c3ccc1n2-c1ccccc1. The average Bonchev–Trinajstić information content (AvgIpc) is 3.23. The van der Waals surface area contributed by atoms with Crippen molar-refractivity contribution in [3.63, 3.8) is 0 Å². The van der Waals surface area contributed by atoms with Gasteiger partial charge in [-0.3, -0.25) is 0 Å². The molecule has 0 saturated carbocycles. The summed E-state index contributed by atoms with van der Waals surface area (Å²) >= 11 is 3.66. The molecule has 0 bridgehead atoms. The van der Waals surface area contributed by atoms with Crippen molar-refractivity contribution in [1.29, 1.82) is 0 Å². The first-order chi connectivity index (χ1) is 13.3. The molecule has 6 aromatic rings. The zero-order chi connectivity index (χ0) is 18.0. The summed E-state index contributed by atoms with van der Waals surface area (Å²) in [6, 6.07) is 30.1. The van der Waals surface area contributed by atoms with E-state index in [9.17, 15) is 0 Å². The summed E-state index contributed by atoms with van der Waals surface area (Å²) in [4.78, 5) is 3.67. The van der Waals surface area contributed by atoms with Crippen molar-refractivity contribution in [3.8, 4) is 5.69 Å². The van der Waals surface area contributed by atoms with Crippen molar-refractivity contribution < 1.29 is 0 Å². The molecule has 128 valence electrons. The van der Waals surface area contributed by atoms with Gasteiger partial charge in [0, 0.05) is 37.2 Å². The largest absolute Gasteiger partial charge is 0.354 e. The average molecular weight is 411 g/mol. The second-order valence-corrected chi connectivity index (χ2v) is 7.80. The summed E-state index contributed by atoms with van der Waals surface area (Å²) in [5, 5.41) is 5.06. The molecule has 0 spiro atoms. The molecule has 0 amide bonds. The number of nitrogens with zero attached hydrogens (tertiary/aromatic N) is 1. The number of aromatic nitrogens is 2. The normalized spacial score (nSPS) is 11.9. The lowest BCUT2D eigenvalue weighted by atomic mass is 10.1. The number of rotatable bonds is 1. The first-order valence-corrected chi connectivity index (χ1v) is 9.79. The Morgan fingerprint density at radius 1 is 0.667 bits per heavy atom. The maximum Gasteiger partial charge on any atom is 0.0566 e. The lowest BCUT2D eigenvalue weighted by Crippen LogP contribution is -1.92. The molecular weight excluding hydrogens is 396 g/mol. The minimum Gasteiger partial charge on any atom is -0.354 e. The predicted octanol–water partition coefficient (Wildman–Crippen LogP) is 7.18. The zero-order valence-corrected chi connectivity index (χ0v) is 16.0. The van der Waals surface area contributed by atoms with E-state index in [1.54, 1.807) is 0 Å². The van der Waals surface area contributed by atoms with E-state index in [-0.39, 0.29) is 0 Å². The molecule has 27 heavy (non-hydrogen) atoms. The molecule has 0 unspecified atom stereocenters. The summed E-state index contributed by atoms with van der Waals surface area (Å²) in [5.74, 6) is 0. The van der Waals surface area contributed by atoms with Crippen molar-refractivity contribution in [2.45, 2.75) is 0 Å². The van der Waals surface area contributed by atoms with Gasteiger partial charge in [0.1, 0.15) is 0 Å². The van der Waals surface area contributed by atoms with E-state index in [2.05, 4.69) is 110 Å². The molecule has 0 aliphatic carbocycles. The summed E-state index contributed by atoms with van der Waals surface area (Å²) in [6.45, 7) is 0. The fraction of sp³-hybridized carbons (Fsp3) is 0. The standard InChI is InChI=1S/C24H15BrN2/c25-15-10-12-21-19(14-15)23-22(27(21)16-6-2-1-3-7-16)13-11-18-17-8-4-5-9-20(17)26-24(18)23/h1-14,26H. The summed E-state index contributed by atoms with van der Waals surface area (Å²) < 4.78 is 3.44. The molecule has 1 N–H and O–H groups in total. The second kappa shape index (κ2) is 5.48. The van der Waals surface area contributed by atoms with Crippen LogP contribution in [0.2, 0.25) is 0 Å². The molecular formula is C24H15BrN2. The van der Waals surface area contributed by atoms with E-state index < -0.39 is 0 Å². The molecule has 2 nitrogen and oxygen atoms in total. The monoisotopic (exact) mass is 410 g/mol. The number of halogens is 1. The number of benzene rings is 4. The van der Waals surface area contributed by atoms with Crippen LogP contribution in [0.15, 0.2) is 89.4 Å². The molecule has 0 aliphatic rings. The van der Waals surface area contributed by atoms with Gasteiger partial charge in [-0.05, 0) is 42.5 Å². The van der Waals surface area contributed by atoms with Crippen molar-refractivity contribution in [2.24, 2.45) is 0 Å². The van der Waals surface area contributed by atoms with Gasteiger partial charge in [-0.1, -0.05) is 58.4 Å². The van der Waals surface area contributed by atoms with Gasteiger partial charge in [-0.15, -0.1) is 0 Å². The van der Waals surface area contributed by atoms with Gasteiger partial charge >= 0.3 is 0 Å². The van der Waals surface area contributed by atoms with E-state index in [0.29, 0.717) is 0 Å². The Kier molecular flexibility index (Phi) is 3.06. The number of fused-ring (bicyclic) bond motifs is 7. The molecule has 2 aromatic heterocycles. The molecule has 6 rings (SSSR count). The minimum absolute atomic E-state index is 1.09. The predicted molar refractivity (Wildman–Crippen MR) is 118 cm³/mol. The van der Waals surface area contributed by atoms with Crippen molar-refractivity contribution in [3.05, 3.63) is 89.4 Å². The first kappa shape index (κ1) is 15.1. The zero-order valence-electron chi connectivity index (χ0n) is 14.4. The smallest absolute Gasteiger partial charge is 0.0566 e. The number of nitrogens with one attached hydrogen (secondary N) is 1. The molecule has 0 fully saturated rings. The van der Waals surface area contributed by atoms with Crippen LogP contribution in [-0.2, 0) is 0 Å². The van der Waals surface area contributed by atoms with Gasteiger partial charge in [-0.2, -0.15) is 0 Å². The quantitative estimate of drug-likeness (QED) is 0.296. The molecule has 0 radical (unpaired) electrons. The Hall–Kier alpha value is -3.04. The highest BCUT2D eigenvalue weighted by atomic mass is 79.9. The maximum absolute atomic E-state index is 3.67. The molecule has 0 atom stereocenters. The van der Waals surface area contributed by atoms with Gasteiger partial charge < -0.3 is 9.55 Å². The number of para-hydroxylation sites is 2. The summed E-state index contributed by atoms with van der Waals surface area (Å²) in [6.07, 6.45) is 0. The Morgan fingerprint density at radius 3 is 2.33 bits per heavy atom. The van der Waals surface area contributed by atoms with E-state index in [0.717, 1.165) is 4.47 Å². The highest BCUT2D eigenvalue weighted by molar-refractivity contribution is 9.10. The van der Waals surface area contributed by atoms with Gasteiger partial charge in [-0.25, -0.2) is 0 Å². The fourth-order valence-electron chi connectivity index (χ4n) is 4.26. The number of aromatic amines is 1. The second-order valence-electron chi connectivity index (χ2n) is 6.89. The van der Waals surface area contributed by atoms with Crippen LogP contribution < -0.4 is 0 Å². The lowest BCUT2D eigenvalue weighted by Gasteiger charge is -2.07. The topological polar surface area (TPSA) is 20.7 Å². The first-order valence-electron chi connectivity index (χ1n) is 9.00. The van der Waals surface area contributed by atoms with Crippen LogP contribution in [0.1, 0.15) is 0 Å². The van der Waals surface area contributed by atoms with Crippen LogP contribution in [0, 0.1) is 0 Å². The third kappa shape index (κ3) is 2.06. The van der Waals surface area contributed by atoms with Crippen LogP contribution in [-0.4, -0.2) is 9.55 Å². The van der Waals surface area contributed by atoms with Crippen molar-refractivity contribution in [2.75, 3.05) is 0 Å². The Balaban J connectivity index is 1.89. The fourth-order valence-corrected chi connectivity index (χ4v) is 4.62. The number of hydrogen-bond donors (Lipinski definition) is 1. The van der Waals surface area contributed by atoms with Crippen LogP contribution >= 0.6 is 15.9 Å². The molecule has 4 aromatic carbocycles. The number of H-pyrrole nitrogens is 1. The van der Waals surface area contributed by atoms with E-state index >= 15 is 0 Å². The minimum atomic E-state index is 1.09. The van der Waals surface area contributed by atoms with E-state index in [4.69, 9.17) is 0 Å². The van der Waals surface area contributed by atoms with Gasteiger partial charge in [0.15, 0.2) is 0 Å². The maximum atomic E-state index is 3.67. The third-order valence-electron chi connectivity index (χ3n) is 5.38. The van der Waals surface area contributed by atoms with E-state index in [1.807, 2.05) is 0 Å². The van der Waals surface area contributed by atoms with Crippen molar-refractivity contribution in [1.82, 2.24) is 9.55 Å². The molecule has 0 saturated heterocycles. The van der Waals surface area contributed by atoms with Crippen LogP contribution in [0.3, 0.4) is 0 Å².